The molecule has 0 radical (unpaired) electrons. The SMILES string of the molecule is CN(C)c1cc(N[C@H]2CC[C@@H](N(C(N)=O)c3cccc(Cl)c3CN)CC2)nc2ccccc12. The molecule has 0 aliphatic heterocycles. The summed E-state index contributed by atoms with van der Waals surface area (Å²) in [7, 11) is 4.08. The van der Waals surface area contributed by atoms with Gasteiger partial charge in [0.05, 0.1) is 11.2 Å². The molecular formula is C25H31ClN6O. The van der Waals surface area contributed by atoms with Gasteiger partial charge in [-0.25, -0.2) is 9.78 Å². The first-order chi connectivity index (χ1) is 15.9. The maximum Gasteiger partial charge on any atom is 0.319 e. The first kappa shape index (κ1) is 23.1. The highest BCUT2D eigenvalue weighted by Gasteiger charge is 2.30. The summed E-state index contributed by atoms with van der Waals surface area (Å²) in [6, 6.07) is 15.5. The number of anilines is 3. The van der Waals surface area contributed by atoms with Gasteiger partial charge in [-0.15, -0.1) is 0 Å². The second-order valence-corrected chi connectivity index (χ2v) is 9.15. The van der Waals surface area contributed by atoms with E-state index in [0.717, 1.165) is 53.7 Å². The molecular weight excluding hydrogens is 436 g/mol. The van der Waals surface area contributed by atoms with Crippen LogP contribution in [-0.4, -0.2) is 37.2 Å². The summed E-state index contributed by atoms with van der Waals surface area (Å²) in [6.45, 7) is 0.248. The Bertz CT molecular complexity index is 1140. The maximum atomic E-state index is 12.4. The van der Waals surface area contributed by atoms with E-state index in [1.807, 2.05) is 44.4 Å². The van der Waals surface area contributed by atoms with Crippen LogP contribution >= 0.6 is 11.6 Å². The van der Waals surface area contributed by atoms with E-state index in [1.165, 1.54) is 0 Å². The molecule has 5 N–H and O–H groups in total. The third kappa shape index (κ3) is 4.84. The number of amides is 2. The lowest BCUT2D eigenvalue weighted by atomic mass is 9.89. The number of hydrogen-bond acceptors (Lipinski definition) is 5. The van der Waals surface area contributed by atoms with Gasteiger partial charge >= 0.3 is 6.03 Å². The van der Waals surface area contributed by atoms with Gasteiger partial charge in [0.1, 0.15) is 5.82 Å². The minimum absolute atomic E-state index is 0.00576. The zero-order valence-electron chi connectivity index (χ0n) is 19.1. The predicted octanol–water partition coefficient (Wildman–Crippen LogP) is 4.72. The second-order valence-electron chi connectivity index (χ2n) is 8.74. The number of primary amides is 1. The van der Waals surface area contributed by atoms with Crippen molar-refractivity contribution in [3.8, 4) is 0 Å². The summed E-state index contributed by atoms with van der Waals surface area (Å²) < 4.78 is 0. The van der Waals surface area contributed by atoms with Crippen LogP contribution in [0.1, 0.15) is 31.2 Å². The number of urea groups is 1. The quantitative estimate of drug-likeness (QED) is 0.488. The van der Waals surface area contributed by atoms with Crippen molar-refractivity contribution < 1.29 is 4.79 Å². The van der Waals surface area contributed by atoms with Crippen molar-refractivity contribution in [3.05, 3.63) is 59.1 Å². The Morgan fingerprint density at radius 2 is 1.82 bits per heavy atom. The van der Waals surface area contributed by atoms with Crippen LogP contribution in [-0.2, 0) is 6.54 Å². The first-order valence-corrected chi connectivity index (χ1v) is 11.7. The predicted molar refractivity (Wildman–Crippen MR) is 137 cm³/mol. The Balaban J connectivity index is 1.50. The van der Waals surface area contributed by atoms with Gasteiger partial charge in [-0.1, -0.05) is 35.9 Å². The number of para-hydroxylation sites is 1. The number of nitrogens with two attached hydrogens (primary N) is 2. The summed E-state index contributed by atoms with van der Waals surface area (Å²) in [5.74, 6) is 0.868. The molecule has 0 unspecified atom stereocenters. The highest BCUT2D eigenvalue weighted by atomic mass is 35.5. The Morgan fingerprint density at radius 1 is 1.09 bits per heavy atom. The molecule has 0 spiro atoms. The number of fused-ring (bicyclic) bond motifs is 1. The number of nitrogens with one attached hydrogen (secondary N) is 1. The van der Waals surface area contributed by atoms with Crippen molar-refractivity contribution in [2.24, 2.45) is 11.5 Å². The fraction of sp³-hybridized carbons (Fsp3) is 0.360. The Morgan fingerprint density at radius 3 is 2.48 bits per heavy atom. The molecule has 2 amide bonds. The average molecular weight is 467 g/mol. The number of rotatable bonds is 6. The van der Waals surface area contributed by atoms with E-state index in [2.05, 4.69) is 22.3 Å². The van der Waals surface area contributed by atoms with Crippen LogP contribution in [0.5, 0.6) is 0 Å². The number of benzene rings is 2. The molecule has 1 saturated carbocycles. The van der Waals surface area contributed by atoms with Crippen molar-refractivity contribution in [2.75, 3.05) is 29.2 Å². The standard InChI is InChI=1S/C25H31ClN6O/c1-31(2)23-14-24(30-21-8-4-3-6-18(21)23)29-16-10-12-17(13-11-16)32(25(28)33)22-9-5-7-20(26)19(22)15-27/h3-9,14,16-17H,10-13,15,27H2,1-2H3,(H2,28,33)(H,29,30)/t16-,17+. The lowest BCUT2D eigenvalue weighted by molar-refractivity contribution is 0.248. The van der Waals surface area contributed by atoms with Crippen molar-refractivity contribution in [2.45, 2.75) is 44.3 Å². The molecule has 1 aliphatic carbocycles. The number of carbonyl (C=O) groups is 1. The van der Waals surface area contributed by atoms with Crippen LogP contribution in [0.2, 0.25) is 5.02 Å². The number of halogens is 1. The smallest absolute Gasteiger partial charge is 0.319 e. The van der Waals surface area contributed by atoms with Crippen molar-refractivity contribution in [3.63, 3.8) is 0 Å². The van der Waals surface area contributed by atoms with Crippen LogP contribution in [0.3, 0.4) is 0 Å². The monoisotopic (exact) mass is 466 g/mol. The number of nitrogens with zero attached hydrogens (tertiary/aromatic N) is 3. The van der Waals surface area contributed by atoms with Gasteiger partial charge in [0.2, 0.25) is 0 Å². The second kappa shape index (κ2) is 9.85. The van der Waals surface area contributed by atoms with E-state index in [1.54, 1.807) is 11.0 Å². The van der Waals surface area contributed by atoms with Gasteiger partial charge in [-0.3, -0.25) is 4.90 Å². The Kier molecular flexibility index (Phi) is 6.91. The van der Waals surface area contributed by atoms with Gasteiger partial charge in [0.15, 0.2) is 0 Å². The van der Waals surface area contributed by atoms with E-state index >= 15 is 0 Å². The zero-order chi connectivity index (χ0) is 23.5. The van der Waals surface area contributed by atoms with Crippen LogP contribution in [0.25, 0.3) is 10.9 Å². The topological polar surface area (TPSA) is 101 Å². The van der Waals surface area contributed by atoms with Gasteiger partial charge in [-0.05, 0) is 43.9 Å². The van der Waals surface area contributed by atoms with Crippen LogP contribution in [0.4, 0.5) is 22.0 Å². The van der Waals surface area contributed by atoms with Crippen molar-refractivity contribution in [1.82, 2.24) is 4.98 Å². The molecule has 8 heteroatoms. The number of pyridine rings is 1. The maximum absolute atomic E-state index is 12.4. The summed E-state index contributed by atoms with van der Waals surface area (Å²) in [5.41, 5.74) is 15.3. The molecule has 0 atom stereocenters. The molecule has 2 aromatic carbocycles. The van der Waals surface area contributed by atoms with Gasteiger partial charge < -0.3 is 21.7 Å². The third-order valence-electron chi connectivity index (χ3n) is 6.39. The van der Waals surface area contributed by atoms with Gasteiger partial charge in [0, 0.05) is 60.4 Å². The van der Waals surface area contributed by atoms with E-state index in [4.69, 9.17) is 28.1 Å². The fourth-order valence-corrected chi connectivity index (χ4v) is 5.01. The van der Waals surface area contributed by atoms with E-state index in [-0.39, 0.29) is 18.6 Å². The van der Waals surface area contributed by atoms with Crippen LogP contribution in [0.15, 0.2) is 48.5 Å². The number of aromatic nitrogens is 1. The molecule has 174 valence electrons. The molecule has 7 nitrogen and oxygen atoms in total. The molecule has 1 fully saturated rings. The van der Waals surface area contributed by atoms with Crippen LogP contribution in [0, 0.1) is 0 Å². The molecule has 0 bridgehead atoms. The molecule has 33 heavy (non-hydrogen) atoms. The average Bonchev–Trinajstić information content (AvgIpc) is 2.79. The van der Waals surface area contributed by atoms with Gasteiger partial charge in [-0.2, -0.15) is 0 Å². The highest BCUT2D eigenvalue weighted by molar-refractivity contribution is 6.31. The van der Waals surface area contributed by atoms with E-state index in [9.17, 15) is 4.79 Å². The van der Waals surface area contributed by atoms with Crippen molar-refractivity contribution >= 4 is 45.7 Å². The first-order valence-electron chi connectivity index (χ1n) is 11.3. The highest BCUT2D eigenvalue weighted by Crippen LogP contribution is 2.34. The molecule has 1 heterocycles. The fourth-order valence-electron chi connectivity index (χ4n) is 4.76. The third-order valence-corrected chi connectivity index (χ3v) is 6.74. The lowest BCUT2D eigenvalue weighted by Crippen LogP contribution is -2.47. The summed E-state index contributed by atoms with van der Waals surface area (Å²) in [5, 5.41) is 5.30. The number of carbonyl (C=O) groups excluding carboxylic acids is 1. The Hall–Kier alpha value is -3.03. The minimum Gasteiger partial charge on any atom is -0.377 e. The van der Waals surface area contributed by atoms with Crippen molar-refractivity contribution in [1.29, 1.82) is 0 Å². The van der Waals surface area contributed by atoms with Gasteiger partial charge in [0.25, 0.3) is 0 Å². The van der Waals surface area contributed by atoms with E-state index in [0.29, 0.717) is 10.7 Å². The molecule has 4 rings (SSSR count). The molecule has 0 saturated heterocycles. The van der Waals surface area contributed by atoms with E-state index < -0.39 is 6.03 Å². The zero-order valence-corrected chi connectivity index (χ0v) is 19.8. The molecule has 1 aromatic heterocycles. The molecule has 3 aromatic rings. The summed E-state index contributed by atoms with van der Waals surface area (Å²) in [4.78, 5) is 21.0. The number of hydrogen-bond donors (Lipinski definition) is 3. The minimum atomic E-state index is -0.477. The summed E-state index contributed by atoms with van der Waals surface area (Å²) in [6.07, 6.45) is 3.45. The summed E-state index contributed by atoms with van der Waals surface area (Å²) >= 11 is 6.33. The van der Waals surface area contributed by atoms with Crippen LogP contribution < -0.4 is 26.6 Å². The largest absolute Gasteiger partial charge is 0.377 e. The lowest BCUT2D eigenvalue weighted by Gasteiger charge is -2.37. The molecule has 1 aliphatic rings. The normalized spacial score (nSPS) is 18.2. The Labute approximate surface area is 199 Å².